The summed E-state index contributed by atoms with van der Waals surface area (Å²) in [5.41, 5.74) is 2.47. The Hall–Kier alpha value is -3.52. The first-order valence-electron chi connectivity index (χ1n) is 19.3. The number of piperidine rings is 3. The van der Waals surface area contributed by atoms with Gasteiger partial charge in [-0.25, -0.2) is 0 Å². The van der Waals surface area contributed by atoms with Gasteiger partial charge in [0.1, 0.15) is 41.3 Å². The first-order valence-corrected chi connectivity index (χ1v) is 19.3. The Labute approximate surface area is 328 Å². The molecule has 3 aromatic carbocycles. The van der Waals surface area contributed by atoms with Crippen LogP contribution in [-0.4, -0.2) is 90.6 Å². The van der Waals surface area contributed by atoms with Crippen molar-refractivity contribution in [3.8, 4) is 17.2 Å². The van der Waals surface area contributed by atoms with Gasteiger partial charge in [0.2, 0.25) is 0 Å². The molecule has 0 aromatic heterocycles. The molecule has 12 heteroatoms. The Morgan fingerprint density at radius 1 is 1.07 bits per heavy atom. The van der Waals surface area contributed by atoms with E-state index in [1.807, 2.05) is 48.5 Å². The lowest BCUT2D eigenvalue weighted by molar-refractivity contribution is -0.946. The van der Waals surface area contributed by atoms with Crippen LogP contribution in [0.2, 0.25) is 0 Å². The van der Waals surface area contributed by atoms with E-state index in [9.17, 15) is 24.9 Å². The molecule has 3 saturated heterocycles. The summed E-state index contributed by atoms with van der Waals surface area (Å²) in [6.45, 7) is 4.58. The van der Waals surface area contributed by atoms with E-state index in [2.05, 4.69) is 10.6 Å². The molecule has 11 nitrogen and oxygen atoms in total. The number of quaternary nitrogens is 1. The zero-order chi connectivity index (χ0) is 37.0. The van der Waals surface area contributed by atoms with Gasteiger partial charge in [0.05, 0.1) is 51.6 Å². The molecule has 3 atom stereocenters. The predicted molar refractivity (Wildman–Crippen MR) is 200 cm³/mol. The number of phenolic OH excluding ortho intramolecular Hbond substituents is 1. The van der Waals surface area contributed by atoms with Gasteiger partial charge in [-0.1, -0.05) is 55.3 Å². The summed E-state index contributed by atoms with van der Waals surface area (Å²) in [5.74, 6) is 1.52. The van der Waals surface area contributed by atoms with Crippen molar-refractivity contribution in [2.24, 2.45) is 11.8 Å². The van der Waals surface area contributed by atoms with Crippen LogP contribution in [0.4, 0.5) is 5.69 Å². The van der Waals surface area contributed by atoms with Crippen molar-refractivity contribution >= 4 is 17.4 Å². The number of amides is 1. The third-order valence-corrected chi connectivity index (χ3v) is 12.2. The molecular weight excluding hydrogens is 754 g/mol. The number of rotatable bonds is 16. The molecule has 2 bridgehead atoms. The summed E-state index contributed by atoms with van der Waals surface area (Å²) < 4.78 is 18.8. The van der Waals surface area contributed by atoms with E-state index >= 15 is 0 Å². The van der Waals surface area contributed by atoms with Crippen LogP contribution in [-0.2, 0) is 32.9 Å². The third kappa shape index (κ3) is 8.95. The lowest BCUT2D eigenvalue weighted by Crippen LogP contribution is -3.00. The maximum atomic E-state index is 13.4. The summed E-state index contributed by atoms with van der Waals surface area (Å²) in [6, 6.07) is 18.7. The highest BCUT2D eigenvalue weighted by Crippen LogP contribution is 2.43. The molecule has 1 amide bonds. The summed E-state index contributed by atoms with van der Waals surface area (Å²) in [6.07, 6.45) is 6.49. The summed E-state index contributed by atoms with van der Waals surface area (Å²) in [7, 11) is 1.60. The van der Waals surface area contributed by atoms with Gasteiger partial charge in [-0.05, 0) is 42.0 Å². The first-order chi connectivity index (χ1) is 25.6. The standard InChI is InChI=1S/C42H53N3O8.BrH/c1-51-38-20-28(11-12-30(38)23-43-24-37(48)35-21-34(47)22-36-41(35)52-26-40(49)44-36)19-33(46)15-18-45-16-13-29(14-17-45)39(25-45)53-27-42(50,32-9-5-6-10-32)31-7-3-2-4-8-31;/h2-4,7-8,11-12,20-22,29,32,37,39,43,48,50H,5-6,9-10,13-19,23-27H2,1H3,(H-,44,47,49);1H/t29?,37-,39-,42+,45?;/m0./s1. The quantitative estimate of drug-likeness (QED) is 0.137. The predicted octanol–water partition coefficient (Wildman–Crippen LogP) is 1.76. The number of carbonyl (C=O) groups is 2. The zero-order valence-corrected chi connectivity index (χ0v) is 32.7. The lowest BCUT2D eigenvalue weighted by atomic mass is 9.80. The van der Waals surface area contributed by atoms with Crippen molar-refractivity contribution in [1.82, 2.24) is 5.32 Å². The molecule has 4 heterocycles. The largest absolute Gasteiger partial charge is 1.00 e. The molecule has 0 radical (unpaired) electrons. The van der Waals surface area contributed by atoms with Crippen molar-refractivity contribution in [3.05, 3.63) is 82.9 Å². The minimum Gasteiger partial charge on any atom is -1.00 e. The van der Waals surface area contributed by atoms with Gasteiger partial charge in [0.15, 0.2) is 6.61 Å². The molecule has 1 aliphatic carbocycles. The molecule has 1 saturated carbocycles. The van der Waals surface area contributed by atoms with Gasteiger partial charge in [0.25, 0.3) is 5.91 Å². The molecule has 0 unspecified atom stereocenters. The highest BCUT2D eigenvalue weighted by atomic mass is 79.9. The molecule has 5 aliphatic rings. The van der Waals surface area contributed by atoms with Crippen molar-refractivity contribution in [2.75, 3.05) is 58.4 Å². The highest BCUT2D eigenvalue weighted by Gasteiger charge is 2.48. The summed E-state index contributed by atoms with van der Waals surface area (Å²) in [4.78, 5) is 25.1. The molecular formula is C42H54BrN3O8. The highest BCUT2D eigenvalue weighted by molar-refractivity contribution is 5.96. The van der Waals surface area contributed by atoms with E-state index in [1.54, 1.807) is 7.11 Å². The zero-order valence-electron chi connectivity index (χ0n) is 31.1. The van der Waals surface area contributed by atoms with Crippen LogP contribution in [0.1, 0.15) is 73.3 Å². The number of methoxy groups -OCH3 is 1. The number of benzene rings is 3. The number of nitrogens with one attached hydrogen (secondary N) is 2. The lowest BCUT2D eigenvalue weighted by Gasteiger charge is -2.53. The topological polar surface area (TPSA) is 147 Å². The molecule has 292 valence electrons. The Morgan fingerprint density at radius 2 is 1.83 bits per heavy atom. The number of phenols is 1. The van der Waals surface area contributed by atoms with Crippen LogP contribution in [0.25, 0.3) is 0 Å². The number of fused-ring (bicyclic) bond motifs is 4. The number of halogens is 1. The average Bonchev–Trinajstić information content (AvgIpc) is 3.73. The number of carbonyl (C=O) groups excluding carboxylic acids is 2. The van der Waals surface area contributed by atoms with Crippen LogP contribution in [0, 0.1) is 11.8 Å². The SMILES string of the molecule is COc1cc(CC(=O)CC[N+]23CCC(CC2)[C@@H](OC[C@@](O)(c2ccccc2)C2CCCC2)C3)ccc1CNC[C@H](O)c1cc(O)cc2c1OCC(=O)N2.[Br-]. The van der Waals surface area contributed by atoms with E-state index in [0.29, 0.717) is 54.7 Å². The molecule has 8 rings (SSSR count). The van der Waals surface area contributed by atoms with E-state index in [4.69, 9.17) is 14.2 Å². The summed E-state index contributed by atoms with van der Waals surface area (Å²) in [5, 5.41) is 39.0. The molecule has 3 aromatic rings. The first kappa shape index (κ1) is 40.2. The van der Waals surface area contributed by atoms with Crippen LogP contribution < -0.4 is 37.1 Å². The molecule has 4 aliphatic heterocycles. The number of nitrogens with zero attached hydrogens (tertiary/aromatic N) is 1. The number of hydrogen-bond acceptors (Lipinski definition) is 9. The maximum absolute atomic E-state index is 13.4. The number of hydrogen-bond donors (Lipinski definition) is 5. The second-order valence-corrected chi connectivity index (χ2v) is 15.7. The summed E-state index contributed by atoms with van der Waals surface area (Å²) >= 11 is 0. The number of Topliss-reactive ketones (excluding diaryl/α,β-unsaturated/α-hetero) is 1. The molecule has 5 N–H and O–H groups in total. The average molecular weight is 809 g/mol. The normalized spacial score (nSPS) is 23.7. The number of aliphatic hydroxyl groups excluding tert-OH is 1. The molecule has 0 spiro atoms. The third-order valence-electron chi connectivity index (χ3n) is 12.2. The van der Waals surface area contributed by atoms with Gasteiger partial charge in [-0.3, -0.25) is 9.59 Å². The number of anilines is 1. The number of aromatic hydroxyl groups is 1. The smallest absolute Gasteiger partial charge is 0.262 e. The van der Waals surface area contributed by atoms with E-state index < -0.39 is 11.7 Å². The molecule has 4 fully saturated rings. The van der Waals surface area contributed by atoms with Crippen LogP contribution >= 0.6 is 0 Å². The van der Waals surface area contributed by atoms with Crippen molar-refractivity contribution < 1.29 is 60.6 Å². The number of ether oxygens (including phenoxy) is 3. The Balaban J connectivity index is 0.00000497. The van der Waals surface area contributed by atoms with E-state index in [-0.39, 0.29) is 59.6 Å². The molecule has 54 heavy (non-hydrogen) atoms. The van der Waals surface area contributed by atoms with Gasteiger partial charge in [-0.15, -0.1) is 0 Å². The Morgan fingerprint density at radius 3 is 2.57 bits per heavy atom. The Kier molecular flexibility index (Phi) is 13.0. The van der Waals surface area contributed by atoms with Gasteiger partial charge < -0.3 is 61.6 Å². The fourth-order valence-electron chi connectivity index (χ4n) is 9.16. The van der Waals surface area contributed by atoms with Gasteiger partial charge >= 0.3 is 0 Å². The minimum atomic E-state index is -0.998. The Bertz CT molecular complexity index is 1760. The van der Waals surface area contributed by atoms with Gasteiger partial charge in [0, 0.05) is 55.5 Å². The van der Waals surface area contributed by atoms with E-state index in [1.165, 1.54) is 12.1 Å². The fourth-order valence-corrected chi connectivity index (χ4v) is 9.16. The van der Waals surface area contributed by atoms with Crippen molar-refractivity contribution in [3.63, 3.8) is 0 Å². The van der Waals surface area contributed by atoms with Crippen molar-refractivity contribution in [2.45, 2.75) is 75.7 Å². The van der Waals surface area contributed by atoms with Gasteiger partial charge in [-0.2, -0.15) is 0 Å². The van der Waals surface area contributed by atoms with E-state index in [0.717, 1.165) is 85.9 Å². The van der Waals surface area contributed by atoms with Crippen molar-refractivity contribution in [1.29, 1.82) is 0 Å². The maximum Gasteiger partial charge on any atom is 0.262 e. The van der Waals surface area contributed by atoms with Crippen LogP contribution in [0.5, 0.6) is 17.2 Å². The number of ketones is 1. The number of aliphatic hydroxyl groups is 2. The minimum absolute atomic E-state index is 0. The fraction of sp³-hybridized carbons (Fsp3) is 0.524. The van der Waals surface area contributed by atoms with Crippen LogP contribution in [0.3, 0.4) is 0 Å². The second kappa shape index (κ2) is 17.5. The van der Waals surface area contributed by atoms with Crippen LogP contribution in [0.15, 0.2) is 60.7 Å². The second-order valence-electron chi connectivity index (χ2n) is 15.7. The monoisotopic (exact) mass is 807 g/mol.